The molecular formula is C12H18N4OS. The van der Waals surface area contributed by atoms with E-state index in [0.29, 0.717) is 16.6 Å². The van der Waals surface area contributed by atoms with Gasteiger partial charge < -0.3 is 15.4 Å². The predicted molar refractivity (Wildman–Crippen MR) is 74.7 cm³/mol. The Morgan fingerprint density at radius 1 is 1.44 bits per heavy atom. The van der Waals surface area contributed by atoms with Crippen molar-refractivity contribution in [3.8, 4) is 0 Å². The number of anilines is 1. The highest BCUT2D eigenvalue weighted by Crippen LogP contribution is 2.23. The van der Waals surface area contributed by atoms with Gasteiger partial charge in [0.05, 0.1) is 0 Å². The van der Waals surface area contributed by atoms with Crippen LogP contribution in [0.4, 0.5) is 5.82 Å². The third-order valence-electron chi connectivity index (χ3n) is 3.23. The second-order valence-corrected chi connectivity index (χ2v) is 4.92. The molecule has 1 saturated heterocycles. The topological polar surface area (TPSA) is 64.3 Å². The second kappa shape index (κ2) is 6.06. The molecule has 0 amide bonds. The summed E-state index contributed by atoms with van der Waals surface area (Å²) in [5, 5.41) is 0. The van der Waals surface area contributed by atoms with Crippen LogP contribution in [0.25, 0.3) is 0 Å². The van der Waals surface area contributed by atoms with E-state index in [1.54, 1.807) is 19.5 Å². The van der Waals surface area contributed by atoms with Crippen molar-refractivity contribution in [2.75, 3.05) is 31.7 Å². The van der Waals surface area contributed by atoms with Gasteiger partial charge in [-0.05, 0) is 18.8 Å². The molecule has 5 nitrogen and oxygen atoms in total. The molecule has 6 heteroatoms. The van der Waals surface area contributed by atoms with Crippen molar-refractivity contribution in [1.82, 2.24) is 9.97 Å². The van der Waals surface area contributed by atoms with Gasteiger partial charge in [-0.1, -0.05) is 12.2 Å². The molecule has 2 heterocycles. The van der Waals surface area contributed by atoms with Gasteiger partial charge in [-0.2, -0.15) is 0 Å². The average Bonchev–Trinajstić information content (AvgIpc) is 2.40. The molecule has 2 rings (SSSR count). The molecule has 0 atom stereocenters. The van der Waals surface area contributed by atoms with E-state index in [9.17, 15) is 0 Å². The molecule has 0 bridgehead atoms. The van der Waals surface area contributed by atoms with Crippen molar-refractivity contribution >= 4 is 23.0 Å². The third kappa shape index (κ3) is 2.94. The molecule has 0 radical (unpaired) electrons. The van der Waals surface area contributed by atoms with Crippen LogP contribution >= 0.6 is 12.2 Å². The Labute approximate surface area is 112 Å². The van der Waals surface area contributed by atoms with Crippen molar-refractivity contribution in [1.29, 1.82) is 0 Å². The first-order chi connectivity index (χ1) is 8.72. The number of ether oxygens (including phenoxy) is 1. The number of thiocarbonyl (C=S) groups is 1. The summed E-state index contributed by atoms with van der Waals surface area (Å²) in [4.78, 5) is 11.1. The average molecular weight is 266 g/mol. The fraction of sp³-hybridized carbons (Fsp3) is 0.583. The molecule has 0 unspecified atom stereocenters. The van der Waals surface area contributed by atoms with E-state index in [2.05, 4.69) is 14.9 Å². The van der Waals surface area contributed by atoms with Crippen molar-refractivity contribution < 1.29 is 4.74 Å². The molecule has 1 aliphatic rings. The summed E-state index contributed by atoms with van der Waals surface area (Å²) in [6, 6.07) is 0. The van der Waals surface area contributed by atoms with Gasteiger partial charge in [-0.25, -0.2) is 9.97 Å². The summed E-state index contributed by atoms with van der Waals surface area (Å²) in [5.74, 6) is 1.44. The molecule has 1 aliphatic heterocycles. The molecule has 1 fully saturated rings. The van der Waals surface area contributed by atoms with E-state index in [4.69, 9.17) is 22.7 Å². The molecule has 0 aliphatic carbocycles. The van der Waals surface area contributed by atoms with E-state index in [1.807, 2.05) is 0 Å². The van der Waals surface area contributed by atoms with Crippen molar-refractivity contribution in [3.63, 3.8) is 0 Å². The number of rotatable bonds is 4. The Bertz CT molecular complexity index is 418. The Morgan fingerprint density at radius 2 is 2.11 bits per heavy atom. The molecule has 1 aromatic heterocycles. The third-order valence-corrected chi connectivity index (χ3v) is 3.42. The molecule has 18 heavy (non-hydrogen) atoms. The summed E-state index contributed by atoms with van der Waals surface area (Å²) in [7, 11) is 1.75. The Morgan fingerprint density at radius 3 is 2.72 bits per heavy atom. The first-order valence-corrected chi connectivity index (χ1v) is 6.48. The van der Waals surface area contributed by atoms with Gasteiger partial charge in [0, 0.05) is 39.2 Å². The molecule has 98 valence electrons. The lowest BCUT2D eigenvalue weighted by Gasteiger charge is -2.33. The van der Waals surface area contributed by atoms with Crippen LogP contribution in [0, 0.1) is 5.92 Å². The minimum absolute atomic E-state index is 0.303. The normalized spacial score (nSPS) is 16.8. The molecule has 2 N–H and O–H groups in total. The first kappa shape index (κ1) is 13.2. The number of hydrogen-bond acceptors (Lipinski definition) is 5. The molecule has 1 aromatic rings. The minimum Gasteiger partial charge on any atom is -0.388 e. The lowest BCUT2D eigenvalue weighted by atomic mass is 9.98. The molecule has 0 aromatic carbocycles. The monoisotopic (exact) mass is 266 g/mol. The Balaban J connectivity index is 2.07. The van der Waals surface area contributed by atoms with Crippen LogP contribution in [-0.4, -0.2) is 41.8 Å². The van der Waals surface area contributed by atoms with Crippen LogP contribution in [0.3, 0.4) is 0 Å². The fourth-order valence-electron chi connectivity index (χ4n) is 2.28. The zero-order valence-corrected chi connectivity index (χ0v) is 11.3. The number of aromatic nitrogens is 2. The van der Waals surface area contributed by atoms with Crippen molar-refractivity contribution in [2.24, 2.45) is 11.7 Å². The van der Waals surface area contributed by atoms with Crippen LogP contribution in [-0.2, 0) is 4.74 Å². The SMILES string of the molecule is COCC1CCN(c2nccnc2C(N)=S)CC1. The van der Waals surface area contributed by atoms with Gasteiger partial charge in [0.15, 0.2) is 5.82 Å². The zero-order chi connectivity index (χ0) is 13.0. The maximum atomic E-state index is 5.68. The van der Waals surface area contributed by atoms with Crippen LogP contribution in [0.5, 0.6) is 0 Å². The number of piperidine rings is 1. The number of nitrogens with zero attached hydrogens (tertiary/aromatic N) is 3. The quantitative estimate of drug-likeness (QED) is 0.819. The minimum atomic E-state index is 0.303. The van der Waals surface area contributed by atoms with E-state index in [0.717, 1.165) is 38.4 Å². The Kier molecular flexibility index (Phi) is 4.43. The number of hydrogen-bond donors (Lipinski definition) is 1. The van der Waals surface area contributed by atoms with Crippen LogP contribution in [0.1, 0.15) is 18.5 Å². The van der Waals surface area contributed by atoms with Crippen LogP contribution < -0.4 is 10.6 Å². The second-order valence-electron chi connectivity index (χ2n) is 4.48. The number of methoxy groups -OCH3 is 1. The van der Waals surface area contributed by atoms with Gasteiger partial charge in [0.1, 0.15) is 10.7 Å². The molecule has 0 spiro atoms. The van der Waals surface area contributed by atoms with E-state index >= 15 is 0 Å². The highest BCUT2D eigenvalue weighted by atomic mass is 32.1. The van der Waals surface area contributed by atoms with Gasteiger partial charge in [0.2, 0.25) is 0 Å². The van der Waals surface area contributed by atoms with Gasteiger partial charge >= 0.3 is 0 Å². The largest absolute Gasteiger partial charge is 0.388 e. The first-order valence-electron chi connectivity index (χ1n) is 6.07. The predicted octanol–water partition coefficient (Wildman–Crippen LogP) is 0.974. The zero-order valence-electron chi connectivity index (χ0n) is 10.5. The van der Waals surface area contributed by atoms with Crippen LogP contribution in [0.2, 0.25) is 0 Å². The lowest BCUT2D eigenvalue weighted by Crippen LogP contribution is -2.37. The van der Waals surface area contributed by atoms with Crippen LogP contribution in [0.15, 0.2) is 12.4 Å². The summed E-state index contributed by atoms with van der Waals surface area (Å²) < 4.78 is 5.20. The summed E-state index contributed by atoms with van der Waals surface area (Å²) in [5.41, 5.74) is 6.30. The van der Waals surface area contributed by atoms with E-state index in [1.165, 1.54) is 0 Å². The number of nitrogens with two attached hydrogens (primary N) is 1. The maximum absolute atomic E-state index is 5.68. The van der Waals surface area contributed by atoms with Crippen molar-refractivity contribution in [3.05, 3.63) is 18.1 Å². The Hall–Kier alpha value is -1.27. The lowest BCUT2D eigenvalue weighted by molar-refractivity contribution is 0.139. The highest BCUT2D eigenvalue weighted by Gasteiger charge is 2.22. The van der Waals surface area contributed by atoms with Crippen molar-refractivity contribution in [2.45, 2.75) is 12.8 Å². The fourth-order valence-corrected chi connectivity index (χ4v) is 2.43. The van der Waals surface area contributed by atoms with Gasteiger partial charge in [-0.3, -0.25) is 0 Å². The van der Waals surface area contributed by atoms with E-state index < -0.39 is 0 Å². The summed E-state index contributed by atoms with van der Waals surface area (Å²) >= 11 is 5.01. The van der Waals surface area contributed by atoms with E-state index in [-0.39, 0.29) is 0 Å². The van der Waals surface area contributed by atoms with Gasteiger partial charge in [-0.15, -0.1) is 0 Å². The smallest absolute Gasteiger partial charge is 0.157 e. The standard InChI is InChI=1S/C12H18N4OS/c1-17-8-9-2-6-16(7-3-9)12-10(11(13)18)14-4-5-15-12/h4-5,9H,2-3,6-8H2,1H3,(H2,13,18). The molecular weight excluding hydrogens is 248 g/mol. The summed E-state index contributed by atoms with van der Waals surface area (Å²) in [6.07, 6.45) is 5.50. The highest BCUT2D eigenvalue weighted by molar-refractivity contribution is 7.80. The summed E-state index contributed by atoms with van der Waals surface area (Å²) in [6.45, 7) is 2.72. The molecule has 0 saturated carbocycles. The maximum Gasteiger partial charge on any atom is 0.157 e. The van der Waals surface area contributed by atoms with Gasteiger partial charge in [0.25, 0.3) is 0 Å².